The second-order valence-corrected chi connectivity index (χ2v) is 35.4. The number of carbonyl (C=O) groups excluding carboxylic acids is 2. The second kappa shape index (κ2) is 23.5. The molecule has 4 aliphatic carbocycles. The second-order valence-electron chi connectivity index (χ2n) is 35.4. The molecule has 4 fully saturated rings. The van der Waals surface area contributed by atoms with Gasteiger partial charge in [-0.05, 0) is 199 Å². The fourth-order valence-electron chi connectivity index (χ4n) is 14.1. The van der Waals surface area contributed by atoms with Crippen molar-refractivity contribution in [2.45, 2.75) is 186 Å². The Balaban J connectivity index is 0.00000897. The molecule has 2 amide bonds. The molecule has 7 aromatic rings. The number of fused-ring (bicyclic) bond motifs is 8. The van der Waals surface area contributed by atoms with E-state index in [1.54, 1.807) is 0 Å². The third kappa shape index (κ3) is 13.4. The number of hydrogen-bond donors (Lipinski definition) is 4. The van der Waals surface area contributed by atoms with E-state index in [1.807, 2.05) is 48.6 Å². The number of amides is 2. The van der Waals surface area contributed by atoms with Crippen molar-refractivity contribution in [3.63, 3.8) is 0 Å². The van der Waals surface area contributed by atoms with Crippen molar-refractivity contribution in [2.75, 3.05) is 10.6 Å². The molecule has 0 spiro atoms. The summed E-state index contributed by atoms with van der Waals surface area (Å²) < 4.78 is 0. The van der Waals surface area contributed by atoms with Gasteiger partial charge in [-0.15, -0.1) is 0 Å². The summed E-state index contributed by atoms with van der Waals surface area (Å²) in [7, 11) is 0. The van der Waals surface area contributed by atoms with Gasteiger partial charge in [0.15, 0.2) is 0 Å². The number of aliphatic imine (C=N–C) groups is 2. The molecule has 13 rings (SSSR count). The zero-order valence-corrected chi connectivity index (χ0v) is 61.5. The van der Waals surface area contributed by atoms with Gasteiger partial charge in [-0.3, -0.25) is 19.6 Å². The number of hydrogen-bond acceptors (Lipinski definition) is 8. The quantitative estimate of drug-likeness (QED) is 0.0696. The number of rotatable bonds is 12. The molecule has 1 radical (unpaired) electrons. The predicted molar refractivity (Wildman–Crippen MR) is 394 cm³/mol. The first-order valence-corrected chi connectivity index (χ1v) is 34.6. The maximum atomic E-state index is 14.6. The summed E-state index contributed by atoms with van der Waals surface area (Å²) in [5, 5.41) is 35.9. The molecule has 13 heteroatoms. The van der Waals surface area contributed by atoms with Gasteiger partial charge in [0.2, 0.25) is 11.8 Å². The maximum absolute atomic E-state index is 14.6. The van der Waals surface area contributed by atoms with Crippen LogP contribution in [0, 0.1) is 45.3 Å². The number of benzene rings is 4. The van der Waals surface area contributed by atoms with Crippen molar-refractivity contribution < 1.29 is 36.6 Å². The van der Waals surface area contributed by atoms with E-state index < -0.39 is 0 Å². The minimum Gasteiger partial charge on any atom is -0.861 e. The zero-order chi connectivity index (χ0) is 69.1. The van der Waals surface area contributed by atoms with Crippen LogP contribution in [0.3, 0.4) is 0 Å². The molecule has 5 heterocycles. The maximum Gasteiger partial charge on any atom is 2.00 e. The molecule has 505 valence electrons. The Labute approximate surface area is 584 Å². The van der Waals surface area contributed by atoms with Gasteiger partial charge in [-0.1, -0.05) is 187 Å². The first-order valence-electron chi connectivity index (χ1n) is 34.6. The number of carbonyl (C=O) groups is 2. The standard InChI is InChI=1S/C84H98N8O4.Co/c1-77(2,3)47-35-45(36-48(39-47)78(4,5)6)67-59-27-31-63(85-59)71(69-55(89-73(93)51-41-81(51,13)14)23-21-24-56(69)90-74(94)52-42-82(52,15)16)65-33-29-61(87-65)68(46-37-49(79(7,8)9)40-50(38-46)80(10,11)12)62-30-34-66(88-62)72(64-32-28-60(67)86-64)70-57(91-75(95)53-43-83(53,17)18)25-22-26-58(70)92-76(96)54-44-84(54,19)20;/h21-40,51-54,85-86H,41-44H2,1-20H3,(H,89,93)(H,90,94)(H,91,95)(H,92,96);/q;+2/p-2/t51-,52-,53-,54-;/m1./s1. The molecule has 8 bridgehead atoms. The monoisotopic (exact) mass is 1340 g/mol. The summed E-state index contributed by atoms with van der Waals surface area (Å²) in [6.45, 7) is 43.8. The molecular weight excluding hydrogens is 1240 g/mol. The summed E-state index contributed by atoms with van der Waals surface area (Å²) >= 11 is 0. The molecule has 2 aliphatic heterocycles. The van der Waals surface area contributed by atoms with E-state index in [1.165, 1.54) is 0 Å². The average Bonchev–Trinajstić information content (AvgIpc) is 1.40. The zero-order valence-electron chi connectivity index (χ0n) is 60.4. The van der Waals surface area contributed by atoms with Crippen molar-refractivity contribution >= 4 is 92.7 Å². The Morgan fingerprint density at radius 2 is 0.701 bits per heavy atom. The first kappa shape index (κ1) is 68.8. The number of nitrogens with one attached hydrogen (secondary N) is 4. The van der Waals surface area contributed by atoms with Crippen LogP contribution >= 0.6 is 0 Å². The Kier molecular flexibility index (Phi) is 16.7. The Morgan fingerprint density at radius 3 is 1.02 bits per heavy atom. The SMILES string of the molecule is CC(C)(C)c1cc(-c2c3nc(c(-c4c(N=C([O-])[C@H]5CC5(C)C)cccc4N=C([O-])[C@H]4CC4(C)C)c4ccc([nH]4)c(-c4cc(C(C)(C)C)cc(C(C)(C)C)c4)c4ccc([nH]4)c(-c4c(NC(=O)[C@H]5CC5(C)C)cccc4NC(=O)[C@H]4CC4(C)C)c4nc2C=C4)C=C3)cc(C(C)(C)C)c1.[Co+2]. The smallest absolute Gasteiger partial charge is 0.861 e. The molecule has 4 aromatic carbocycles. The number of nitrogens with zero attached hydrogens (tertiary/aromatic N) is 4. The average molecular weight is 1340 g/mol. The summed E-state index contributed by atoms with van der Waals surface area (Å²) in [6.07, 6.45) is 11.2. The summed E-state index contributed by atoms with van der Waals surface area (Å²) in [5.41, 5.74) is 16.2. The van der Waals surface area contributed by atoms with Crippen LogP contribution in [0.15, 0.2) is 107 Å². The summed E-state index contributed by atoms with van der Waals surface area (Å²) in [4.78, 5) is 58.9. The Bertz CT molecular complexity index is 4570. The van der Waals surface area contributed by atoms with Gasteiger partial charge in [0, 0.05) is 67.3 Å². The van der Waals surface area contributed by atoms with Crippen LogP contribution in [-0.2, 0) is 48.0 Å². The normalized spacial score (nSPS) is 20.5. The Morgan fingerprint density at radius 1 is 0.412 bits per heavy atom. The largest absolute Gasteiger partial charge is 2.00 e. The Hall–Kier alpha value is -8.13. The van der Waals surface area contributed by atoms with Crippen molar-refractivity contribution in [1.82, 2.24) is 19.9 Å². The molecular formula is C84H96CoN8O4. The van der Waals surface area contributed by atoms with Crippen LogP contribution in [0.5, 0.6) is 0 Å². The van der Waals surface area contributed by atoms with Gasteiger partial charge in [0.05, 0.1) is 45.5 Å². The van der Waals surface area contributed by atoms with Crippen molar-refractivity contribution in [3.05, 3.63) is 142 Å². The van der Waals surface area contributed by atoms with E-state index >= 15 is 0 Å². The van der Waals surface area contributed by atoms with Crippen LogP contribution in [-0.4, -0.2) is 43.5 Å². The van der Waals surface area contributed by atoms with Gasteiger partial charge >= 0.3 is 16.8 Å². The number of H-pyrrole nitrogens is 2. The van der Waals surface area contributed by atoms with Crippen LogP contribution in [0.25, 0.3) is 90.9 Å². The number of aromatic nitrogens is 4. The summed E-state index contributed by atoms with van der Waals surface area (Å²) in [5.74, 6) is -1.49. The van der Waals surface area contributed by atoms with Gasteiger partial charge in [0.1, 0.15) is 0 Å². The number of anilines is 2. The van der Waals surface area contributed by atoms with Gasteiger partial charge in [0.25, 0.3) is 0 Å². The molecule has 6 aliphatic rings. The molecule has 12 nitrogen and oxygen atoms in total. The fourth-order valence-corrected chi connectivity index (χ4v) is 14.1. The molecule has 3 aromatic heterocycles. The topological polar surface area (TPSA) is 186 Å². The van der Waals surface area contributed by atoms with E-state index in [2.05, 4.69) is 232 Å². The van der Waals surface area contributed by atoms with E-state index in [0.717, 1.165) is 81.2 Å². The van der Waals surface area contributed by atoms with E-state index in [-0.39, 0.29) is 107 Å². The number of aromatic amines is 2. The predicted octanol–water partition coefficient (Wildman–Crippen LogP) is 19.4. The van der Waals surface area contributed by atoms with Crippen molar-refractivity contribution in [3.8, 4) is 44.5 Å². The third-order valence-corrected chi connectivity index (χ3v) is 21.5. The van der Waals surface area contributed by atoms with Gasteiger partial charge in [-0.2, -0.15) is 0 Å². The third-order valence-electron chi connectivity index (χ3n) is 21.5. The van der Waals surface area contributed by atoms with E-state index in [4.69, 9.17) is 20.0 Å². The molecule has 0 unspecified atom stereocenters. The van der Waals surface area contributed by atoms with E-state index in [0.29, 0.717) is 78.8 Å². The van der Waals surface area contributed by atoms with Gasteiger partial charge < -0.3 is 30.8 Å². The minimum atomic E-state index is -0.256. The van der Waals surface area contributed by atoms with Crippen LogP contribution in [0.1, 0.15) is 209 Å². The molecule has 4 atom stereocenters. The van der Waals surface area contributed by atoms with Crippen LogP contribution < -0.4 is 20.8 Å². The molecule has 97 heavy (non-hydrogen) atoms. The van der Waals surface area contributed by atoms with Crippen LogP contribution in [0.4, 0.5) is 22.7 Å². The molecule has 4 saturated carbocycles. The summed E-state index contributed by atoms with van der Waals surface area (Å²) in [6, 6.07) is 33.5. The van der Waals surface area contributed by atoms with Crippen molar-refractivity contribution in [1.29, 1.82) is 0 Å². The van der Waals surface area contributed by atoms with E-state index in [9.17, 15) is 19.8 Å². The first-order chi connectivity index (χ1) is 44.7. The molecule has 4 N–H and O–H groups in total. The molecule has 0 saturated heterocycles. The van der Waals surface area contributed by atoms with Gasteiger partial charge in [-0.25, -0.2) is 9.97 Å². The van der Waals surface area contributed by atoms with Crippen molar-refractivity contribution in [2.24, 2.45) is 55.3 Å². The minimum absolute atomic E-state index is 0. The fraction of sp³-hybridized carbons (Fsp3) is 0.429. The van der Waals surface area contributed by atoms with Crippen LogP contribution in [0.2, 0.25) is 0 Å².